The van der Waals surface area contributed by atoms with Crippen molar-refractivity contribution >= 4 is 34.8 Å². The number of hydrogen-bond acceptors (Lipinski definition) is 6. The molecule has 0 amide bonds. The molecule has 1 N–H and O–H groups in total. The van der Waals surface area contributed by atoms with Gasteiger partial charge in [0.15, 0.2) is 4.77 Å². The molecule has 0 unspecified atom stereocenters. The summed E-state index contributed by atoms with van der Waals surface area (Å²) in [6, 6.07) is 2.13. The van der Waals surface area contributed by atoms with E-state index in [4.69, 9.17) is 12.2 Å². The van der Waals surface area contributed by atoms with Crippen LogP contribution in [0, 0.1) is 29.9 Å². The second kappa shape index (κ2) is 7.11. The molecule has 0 bridgehead atoms. The Morgan fingerprint density at radius 3 is 2.50 bits per heavy atom. The topological polar surface area (TPSA) is 83.3 Å². The van der Waals surface area contributed by atoms with Crippen LogP contribution in [0.4, 0.5) is 5.00 Å². The van der Waals surface area contributed by atoms with Crippen molar-refractivity contribution < 1.29 is 5.11 Å². The Labute approximate surface area is 149 Å². The summed E-state index contributed by atoms with van der Waals surface area (Å²) in [6.07, 6.45) is 1.32. The van der Waals surface area contributed by atoms with Crippen molar-refractivity contribution in [1.29, 1.82) is 5.26 Å². The van der Waals surface area contributed by atoms with E-state index in [0.717, 1.165) is 10.4 Å². The fraction of sp³-hybridized carbons (Fsp3) is 0.375. The predicted molar refractivity (Wildman–Crippen MR) is 98.3 cm³/mol. The second-order valence-corrected chi connectivity index (χ2v) is 6.72. The lowest BCUT2D eigenvalue weighted by molar-refractivity contribution is 0.399. The van der Waals surface area contributed by atoms with Crippen LogP contribution in [0.2, 0.25) is 0 Å². The Morgan fingerprint density at radius 2 is 1.96 bits per heavy atom. The summed E-state index contributed by atoms with van der Waals surface area (Å²) in [4.78, 5) is 17.8. The fourth-order valence-corrected chi connectivity index (χ4v) is 3.72. The van der Waals surface area contributed by atoms with E-state index in [-0.39, 0.29) is 16.2 Å². The lowest BCUT2D eigenvalue weighted by Gasteiger charge is -2.13. The summed E-state index contributed by atoms with van der Waals surface area (Å²) in [5.74, 6) is -0.204. The number of aryl methyl sites for hydroxylation is 1. The minimum absolute atomic E-state index is 0.0693. The second-order valence-electron chi connectivity index (χ2n) is 5.15. The van der Waals surface area contributed by atoms with E-state index in [1.54, 1.807) is 0 Å². The number of aromatic hydroxyl groups is 1. The first-order valence-electron chi connectivity index (χ1n) is 7.48. The van der Waals surface area contributed by atoms with Crippen LogP contribution in [0.15, 0.2) is 9.79 Å². The van der Waals surface area contributed by atoms with E-state index in [1.165, 1.54) is 26.7 Å². The highest BCUT2D eigenvalue weighted by atomic mass is 32.1. The zero-order valence-corrected chi connectivity index (χ0v) is 15.6. The Balaban J connectivity index is 2.67. The predicted octanol–water partition coefficient (Wildman–Crippen LogP) is 3.43. The molecular formula is C16H18N4O2S2. The number of aliphatic imine (C=N–C) groups is 1. The fourth-order valence-electron chi connectivity index (χ4n) is 2.34. The third-order valence-corrected chi connectivity index (χ3v) is 5.41. The van der Waals surface area contributed by atoms with Crippen LogP contribution in [-0.4, -0.2) is 20.5 Å². The molecule has 8 heteroatoms. The largest absolute Gasteiger partial charge is 0.494 e. The van der Waals surface area contributed by atoms with Crippen LogP contribution >= 0.6 is 23.6 Å². The number of aromatic nitrogens is 2. The van der Waals surface area contributed by atoms with E-state index in [9.17, 15) is 15.2 Å². The number of nitriles is 1. The Hall–Kier alpha value is -2.24. The molecule has 6 nitrogen and oxygen atoms in total. The minimum Gasteiger partial charge on any atom is -0.494 e. The SMILES string of the molecule is CCn1c(O)c(/C=N/c2sc(C)c(C)c2C#N)c(=O)n(CC)c1=S. The first kappa shape index (κ1) is 18.1. The summed E-state index contributed by atoms with van der Waals surface area (Å²) in [7, 11) is 0. The summed E-state index contributed by atoms with van der Waals surface area (Å²) in [5.41, 5.74) is 1.05. The van der Waals surface area contributed by atoms with Crippen LogP contribution in [0.5, 0.6) is 5.88 Å². The molecule has 0 saturated carbocycles. The average molecular weight is 362 g/mol. The zero-order chi connectivity index (χ0) is 18.0. The first-order valence-corrected chi connectivity index (χ1v) is 8.70. The van der Waals surface area contributed by atoms with Gasteiger partial charge in [0.05, 0.1) is 5.56 Å². The molecule has 2 heterocycles. The van der Waals surface area contributed by atoms with Crippen LogP contribution in [-0.2, 0) is 13.1 Å². The standard InChI is InChI=1S/C16H18N4O2S2/c1-5-19-14(21)12(15(22)20(6-2)16(19)23)8-18-13-11(7-17)9(3)10(4)24-13/h8,21H,5-6H2,1-4H3/b18-8+. The van der Waals surface area contributed by atoms with E-state index in [1.807, 2.05) is 27.7 Å². The van der Waals surface area contributed by atoms with Crippen molar-refractivity contribution in [1.82, 2.24) is 9.13 Å². The molecule has 0 aliphatic rings. The average Bonchev–Trinajstić information content (AvgIpc) is 2.82. The van der Waals surface area contributed by atoms with Crippen LogP contribution in [0.3, 0.4) is 0 Å². The van der Waals surface area contributed by atoms with E-state index in [2.05, 4.69) is 11.1 Å². The molecule has 24 heavy (non-hydrogen) atoms. The third-order valence-electron chi connectivity index (χ3n) is 3.86. The van der Waals surface area contributed by atoms with E-state index < -0.39 is 5.56 Å². The maximum atomic E-state index is 12.5. The van der Waals surface area contributed by atoms with Gasteiger partial charge in [0.25, 0.3) is 5.56 Å². The van der Waals surface area contributed by atoms with Crippen LogP contribution in [0.25, 0.3) is 0 Å². The van der Waals surface area contributed by atoms with E-state index >= 15 is 0 Å². The number of hydrogen-bond donors (Lipinski definition) is 1. The normalized spacial score (nSPS) is 11.1. The molecule has 2 aromatic rings. The van der Waals surface area contributed by atoms with Crippen molar-refractivity contribution in [3.05, 3.63) is 36.7 Å². The van der Waals surface area contributed by atoms with Crippen LogP contribution < -0.4 is 5.56 Å². The van der Waals surface area contributed by atoms with Gasteiger partial charge in [-0.1, -0.05) is 0 Å². The monoisotopic (exact) mass is 362 g/mol. The Bertz CT molecular complexity index is 974. The molecule has 0 fully saturated rings. The van der Waals surface area contributed by atoms with Crippen molar-refractivity contribution in [2.45, 2.75) is 40.8 Å². The molecule has 0 aliphatic heterocycles. The van der Waals surface area contributed by atoms with Gasteiger partial charge in [-0.15, -0.1) is 11.3 Å². The van der Waals surface area contributed by atoms with Gasteiger partial charge in [-0.05, 0) is 45.5 Å². The number of rotatable bonds is 4. The van der Waals surface area contributed by atoms with Crippen molar-refractivity contribution in [3.8, 4) is 11.9 Å². The van der Waals surface area contributed by atoms with Crippen molar-refractivity contribution in [3.63, 3.8) is 0 Å². The first-order chi connectivity index (χ1) is 11.4. The molecule has 2 aromatic heterocycles. The van der Waals surface area contributed by atoms with E-state index in [0.29, 0.717) is 23.7 Å². The summed E-state index contributed by atoms with van der Waals surface area (Å²) in [6.45, 7) is 8.27. The van der Waals surface area contributed by atoms with Gasteiger partial charge in [0, 0.05) is 24.2 Å². The van der Waals surface area contributed by atoms with Gasteiger partial charge in [-0.2, -0.15) is 5.26 Å². The summed E-state index contributed by atoms with van der Waals surface area (Å²) in [5, 5.41) is 20.2. The molecule has 0 saturated heterocycles. The zero-order valence-electron chi connectivity index (χ0n) is 14.0. The number of nitrogens with zero attached hydrogens (tertiary/aromatic N) is 4. The van der Waals surface area contributed by atoms with Gasteiger partial charge < -0.3 is 5.11 Å². The van der Waals surface area contributed by atoms with Crippen molar-refractivity contribution in [2.24, 2.45) is 4.99 Å². The lowest BCUT2D eigenvalue weighted by atomic mass is 10.2. The quantitative estimate of drug-likeness (QED) is 0.667. The molecule has 0 radical (unpaired) electrons. The van der Waals surface area contributed by atoms with Gasteiger partial charge in [-0.3, -0.25) is 13.9 Å². The Kier molecular flexibility index (Phi) is 5.36. The molecule has 0 aliphatic carbocycles. The van der Waals surface area contributed by atoms with Crippen LogP contribution in [0.1, 0.15) is 35.4 Å². The maximum Gasteiger partial charge on any atom is 0.267 e. The Morgan fingerprint density at radius 1 is 1.33 bits per heavy atom. The molecule has 0 aromatic carbocycles. The van der Waals surface area contributed by atoms with Gasteiger partial charge >= 0.3 is 0 Å². The highest BCUT2D eigenvalue weighted by Crippen LogP contribution is 2.34. The third kappa shape index (κ3) is 2.92. The molecule has 2 rings (SSSR count). The molecule has 0 atom stereocenters. The highest BCUT2D eigenvalue weighted by Gasteiger charge is 2.15. The minimum atomic E-state index is -0.392. The van der Waals surface area contributed by atoms with Gasteiger partial charge in [0.2, 0.25) is 5.88 Å². The van der Waals surface area contributed by atoms with Crippen molar-refractivity contribution in [2.75, 3.05) is 0 Å². The molecular weight excluding hydrogens is 344 g/mol. The molecule has 0 spiro atoms. The highest BCUT2D eigenvalue weighted by molar-refractivity contribution is 7.71. The molecule has 126 valence electrons. The van der Waals surface area contributed by atoms with Gasteiger partial charge in [-0.25, -0.2) is 4.99 Å². The lowest BCUT2D eigenvalue weighted by Crippen LogP contribution is -2.27. The maximum absolute atomic E-state index is 12.5. The summed E-state index contributed by atoms with van der Waals surface area (Å²) >= 11 is 6.62. The number of thiophene rings is 1. The summed E-state index contributed by atoms with van der Waals surface area (Å²) < 4.78 is 3.17. The van der Waals surface area contributed by atoms with Gasteiger partial charge in [0.1, 0.15) is 16.6 Å². The smallest absolute Gasteiger partial charge is 0.267 e.